The average Bonchev–Trinajstić information content (AvgIpc) is 0.827. The minimum atomic E-state index is -1.48. The third-order valence-electron chi connectivity index (χ3n) is 16.4. The van der Waals surface area contributed by atoms with Crippen LogP contribution in [0.2, 0.25) is 0 Å². The maximum atomic E-state index is 13.9. The first kappa shape index (κ1) is 91.1. The second-order valence-corrected chi connectivity index (χ2v) is 24.6. The fourth-order valence-corrected chi connectivity index (χ4v) is 11.0. The van der Waals surface area contributed by atoms with Gasteiger partial charge in [-0.15, -0.1) is 0 Å². The first-order valence-electron chi connectivity index (χ1n) is 34.9. The summed E-state index contributed by atoms with van der Waals surface area (Å²) in [5, 5.41) is 113. The van der Waals surface area contributed by atoms with E-state index in [1.165, 1.54) is 20.8 Å². The number of methoxy groups -OCH3 is 1. The topological polar surface area (TPSA) is 535 Å². The van der Waals surface area contributed by atoms with Crippen molar-refractivity contribution in [2.75, 3.05) is 159 Å². The monoisotopic (exact) mass is 1480 g/mol. The quantitative estimate of drug-likeness (QED) is 0.0252. The largest absolute Gasteiger partial charge is 0.394 e. The van der Waals surface area contributed by atoms with Gasteiger partial charge in [-0.05, 0) is 38.5 Å². The van der Waals surface area contributed by atoms with Crippen LogP contribution in [-0.4, -0.2) is 350 Å². The molecule has 3 rings (SSSR count). The fourth-order valence-electron chi connectivity index (χ4n) is 11.0. The Kier molecular flexibility index (Phi) is 47.9. The van der Waals surface area contributed by atoms with Gasteiger partial charge in [-0.2, -0.15) is 0 Å². The molecule has 0 saturated carbocycles. The predicted molar refractivity (Wildman–Crippen MR) is 354 cm³/mol. The standard InChI is InChI=1S/C64H116N8O30/c1-41(76)69-52-58(87)55(84)44(38-73)100-61(52)97-35-32-94-29-26-91-23-19-66-48(80)12-15-64(72-51(83)11-9-10-47(79)65-18-7-5-6-8-22-90-4,16-13-49(81)67-20-24-92-27-30-95-33-36-98-62-53(70-42(2)77)59(88)56(85)45(39-74)101-62)17-14-50(82)68-21-25-93-28-31-96-34-37-99-63-54(71-43(3)78)60(89)57(86)46(40-75)102-63/h44-46,52-63,73-75,84-89H,5-40H2,1-4H3,(H,65,79)(H,66,80)(H,67,81)(H,68,82)(H,69,76)(H,70,77)(H,71,78)(H,72,83). The van der Waals surface area contributed by atoms with Crippen LogP contribution < -0.4 is 42.5 Å². The van der Waals surface area contributed by atoms with Crippen molar-refractivity contribution in [3.63, 3.8) is 0 Å². The summed E-state index contributed by atoms with van der Waals surface area (Å²) in [6.45, 7) is 3.99. The highest BCUT2D eigenvalue weighted by Gasteiger charge is 2.48. The molecule has 0 spiro atoms. The molecular weight excluding hydrogens is 1360 g/mol. The lowest BCUT2D eigenvalue weighted by Gasteiger charge is -2.42. The van der Waals surface area contributed by atoms with E-state index in [1.54, 1.807) is 7.11 Å². The van der Waals surface area contributed by atoms with Crippen LogP contribution in [0, 0.1) is 0 Å². The van der Waals surface area contributed by atoms with E-state index in [0.717, 1.165) is 25.7 Å². The van der Waals surface area contributed by atoms with Crippen molar-refractivity contribution in [3.8, 4) is 0 Å². The van der Waals surface area contributed by atoms with Gasteiger partial charge in [0.05, 0.1) is 119 Å². The van der Waals surface area contributed by atoms with Crippen molar-refractivity contribution in [2.24, 2.45) is 0 Å². The van der Waals surface area contributed by atoms with Crippen LogP contribution in [0.3, 0.4) is 0 Å². The number of hydrogen-bond acceptors (Lipinski definition) is 30. The fraction of sp³-hybridized carbons (Fsp3) is 0.875. The molecule has 15 atom stereocenters. The number of unbranched alkanes of at least 4 members (excludes halogenated alkanes) is 3. The van der Waals surface area contributed by atoms with Crippen LogP contribution in [0.25, 0.3) is 0 Å². The first-order chi connectivity index (χ1) is 49.0. The number of hydrogen-bond donors (Lipinski definition) is 17. The molecule has 0 aromatic heterocycles. The lowest BCUT2D eigenvalue weighted by Crippen LogP contribution is -2.64. The van der Waals surface area contributed by atoms with Crippen molar-refractivity contribution >= 4 is 47.3 Å². The van der Waals surface area contributed by atoms with Gasteiger partial charge < -0.3 is 150 Å². The molecule has 17 N–H and O–H groups in total. The van der Waals surface area contributed by atoms with Crippen molar-refractivity contribution in [1.29, 1.82) is 0 Å². The zero-order valence-electron chi connectivity index (χ0n) is 59.2. The Labute approximate surface area is 594 Å². The summed E-state index contributed by atoms with van der Waals surface area (Å²) in [5.74, 6) is -3.52. The van der Waals surface area contributed by atoms with Crippen LogP contribution in [-0.2, 0) is 99.9 Å². The van der Waals surface area contributed by atoms with Gasteiger partial charge in [0.1, 0.15) is 73.1 Å². The number of amides is 8. The Bertz CT molecular complexity index is 2160. The molecule has 3 fully saturated rings. The maximum Gasteiger partial charge on any atom is 0.220 e. The zero-order chi connectivity index (χ0) is 75.1. The summed E-state index contributed by atoms with van der Waals surface area (Å²) in [6, 6.07) is -3.35. The zero-order valence-corrected chi connectivity index (χ0v) is 59.2. The lowest BCUT2D eigenvalue weighted by atomic mass is 9.82. The Morgan fingerprint density at radius 2 is 0.637 bits per heavy atom. The van der Waals surface area contributed by atoms with Gasteiger partial charge >= 0.3 is 0 Å². The van der Waals surface area contributed by atoms with Crippen LogP contribution in [0.4, 0.5) is 0 Å². The minimum absolute atomic E-state index is 0.0254. The van der Waals surface area contributed by atoms with Crippen molar-refractivity contribution in [2.45, 2.75) is 202 Å². The summed E-state index contributed by atoms with van der Waals surface area (Å²) in [7, 11) is 1.64. The number of rotatable bonds is 57. The van der Waals surface area contributed by atoms with Crippen molar-refractivity contribution in [3.05, 3.63) is 0 Å². The molecule has 3 aliphatic heterocycles. The van der Waals surface area contributed by atoms with Crippen LogP contribution in [0.15, 0.2) is 0 Å². The van der Waals surface area contributed by atoms with Gasteiger partial charge in [-0.25, -0.2) is 0 Å². The molecule has 592 valence electrons. The van der Waals surface area contributed by atoms with Crippen LogP contribution in [0.1, 0.15) is 104 Å². The number of aliphatic hydroxyl groups is 9. The van der Waals surface area contributed by atoms with Gasteiger partial charge in [-0.1, -0.05) is 12.8 Å². The lowest BCUT2D eigenvalue weighted by molar-refractivity contribution is -0.272. The molecule has 0 aromatic carbocycles. The molecule has 0 radical (unpaired) electrons. The molecule has 15 unspecified atom stereocenters. The van der Waals surface area contributed by atoms with Gasteiger partial charge in [0.25, 0.3) is 0 Å². The maximum absolute atomic E-state index is 13.9. The second kappa shape index (κ2) is 53.6. The van der Waals surface area contributed by atoms with E-state index in [4.69, 9.17) is 61.6 Å². The van der Waals surface area contributed by atoms with E-state index in [9.17, 15) is 84.3 Å². The Morgan fingerprint density at radius 3 is 0.961 bits per heavy atom. The number of ether oxygens (including phenoxy) is 13. The highest BCUT2D eigenvalue weighted by atomic mass is 16.7. The molecule has 3 aliphatic rings. The van der Waals surface area contributed by atoms with Gasteiger partial charge in [0.2, 0.25) is 47.3 Å². The normalized spacial score (nSPS) is 25.5. The van der Waals surface area contributed by atoms with Gasteiger partial charge in [0, 0.05) is 98.3 Å². The molecule has 0 aromatic rings. The van der Waals surface area contributed by atoms with Crippen molar-refractivity contribution < 1.29 is 146 Å². The molecule has 38 nitrogen and oxygen atoms in total. The molecule has 8 amide bonds. The first-order valence-corrected chi connectivity index (χ1v) is 34.9. The Balaban J connectivity index is 1.60. The highest BCUT2D eigenvalue weighted by Crippen LogP contribution is 2.28. The van der Waals surface area contributed by atoms with E-state index in [0.29, 0.717) is 13.2 Å². The third-order valence-corrected chi connectivity index (χ3v) is 16.4. The SMILES string of the molecule is COCCCCCCNC(=O)CCCC(=O)NC(CCC(=O)NCCOCCOCCOC1OC(CO)C(O)C(O)C1NC(C)=O)(CCC(=O)NCCOCCOCCOC1OC(CO)C(O)C(O)C1NC(C)=O)CCC(=O)NCCOCCOCCOC1OC(CO)C(O)C(O)C1NC(C)=O. The molecule has 0 bridgehead atoms. The van der Waals surface area contributed by atoms with Crippen molar-refractivity contribution in [1.82, 2.24) is 42.5 Å². The molecule has 3 saturated heterocycles. The van der Waals surface area contributed by atoms with E-state index in [2.05, 4.69) is 42.5 Å². The molecule has 38 heteroatoms. The summed E-state index contributed by atoms with van der Waals surface area (Å²) >= 11 is 0. The van der Waals surface area contributed by atoms with Gasteiger partial charge in [0.15, 0.2) is 18.9 Å². The predicted octanol–water partition coefficient (Wildman–Crippen LogP) is -7.00. The summed E-state index contributed by atoms with van der Waals surface area (Å²) in [6.07, 6.45) is -12.8. The average molecular weight is 1480 g/mol. The number of nitrogens with one attached hydrogen (secondary N) is 8. The van der Waals surface area contributed by atoms with Gasteiger partial charge in [-0.3, -0.25) is 38.4 Å². The number of aliphatic hydroxyl groups excluding tert-OH is 9. The highest BCUT2D eigenvalue weighted by molar-refractivity contribution is 5.81. The van der Waals surface area contributed by atoms with Crippen LogP contribution in [0.5, 0.6) is 0 Å². The molecule has 3 heterocycles. The second-order valence-electron chi connectivity index (χ2n) is 24.6. The number of carbonyl (C=O) groups is 8. The van der Waals surface area contributed by atoms with E-state index < -0.39 is 159 Å². The molecular formula is C64H116N8O30. The molecule has 102 heavy (non-hydrogen) atoms. The number of carbonyl (C=O) groups excluding carboxylic acids is 8. The summed E-state index contributed by atoms with van der Waals surface area (Å²) in [5.41, 5.74) is -1.32. The minimum Gasteiger partial charge on any atom is -0.394 e. The Morgan fingerprint density at radius 1 is 0.343 bits per heavy atom. The molecule has 0 aliphatic carbocycles. The van der Waals surface area contributed by atoms with E-state index in [-0.39, 0.29) is 182 Å². The third kappa shape index (κ3) is 37.2. The van der Waals surface area contributed by atoms with E-state index >= 15 is 0 Å². The van der Waals surface area contributed by atoms with Crippen LogP contribution >= 0.6 is 0 Å². The Hall–Kier alpha value is -5.12. The summed E-state index contributed by atoms with van der Waals surface area (Å²) < 4.78 is 72.2. The van der Waals surface area contributed by atoms with E-state index in [1.807, 2.05) is 0 Å². The summed E-state index contributed by atoms with van der Waals surface area (Å²) in [4.78, 5) is 103. The smallest absolute Gasteiger partial charge is 0.220 e.